The van der Waals surface area contributed by atoms with Gasteiger partial charge in [-0.05, 0) is 38.5 Å². The van der Waals surface area contributed by atoms with Gasteiger partial charge in [0, 0.05) is 25.0 Å². The summed E-state index contributed by atoms with van der Waals surface area (Å²) < 4.78 is 0. The van der Waals surface area contributed by atoms with Gasteiger partial charge in [0.1, 0.15) is 5.54 Å². The van der Waals surface area contributed by atoms with Crippen LogP contribution >= 0.6 is 0 Å². The second-order valence-corrected chi connectivity index (χ2v) is 7.53. The number of likely N-dealkylation sites (tertiary alicyclic amines) is 1. The van der Waals surface area contributed by atoms with Gasteiger partial charge in [-0.1, -0.05) is 12.8 Å². The average molecular weight is 353 g/mol. The van der Waals surface area contributed by atoms with Crippen LogP contribution in [0.3, 0.4) is 0 Å². The molecule has 3 rings (SSSR count). The fourth-order valence-electron chi connectivity index (χ4n) is 4.81. The summed E-state index contributed by atoms with van der Waals surface area (Å²) in [5.41, 5.74) is -1.01. The summed E-state index contributed by atoms with van der Waals surface area (Å²) in [6.07, 6.45) is 4.44. The molecule has 3 aliphatic heterocycles. The Kier molecular flexibility index (Phi) is 5.67. The Morgan fingerprint density at radius 3 is 2.68 bits per heavy atom. The third-order valence-corrected chi connectivity index (χ3v) is 6.11. The van der Waals surface area contributed by atoms with Crippen molar-refractivity contribution in [2.45, 2.75) is 62.5 Å². The molecular weight excluding hydrogens is 325 g/mol. The highest BCUT2D eigenvalue weighted by molar-refractivity contribution is 6.40. The van der Waals surface area contributed by atoms with Crippen LogP contribution in [-0.2, 0) is 9.59 Å². The maximum absolute atomic E-state index is 12.7. The van der Waals surface area contributed by atoms with E-state index < -0.39 is 18.6 Å². The van der Waals surface area contributed by atoms with E-state index in [1.807, 2.05) is 4.90 Å². The Hall–Kier alpha value is -1.16. The molecule has 1 unspecified atom stereocenters. The van der Waals surface area contributed by atoms with Crippen molar-refractivity contribution in [2.24, 2.45) is 5.92 Å². The van der Waals surface area contributed by atoms with Gasteiger partial charge in [-0.25, -0.2) is 0 Å². The summed E-state index contributed by atoms with van der Waals surface area (Å²) in [4.78, 5) is 26.7. The van der Waals surface area contributed by atoms with Crippen molar-refractivity contribution < 1.29 is 24.7 Å². The first-order valence-electron chi connectivity index (χ1n) is 9.34. The van der Waals surface area contributed by atoms with Gasteiger partial charge < -0.3 is 25.4 Å². The third-order valence-electron chi connectivity index (χ3n) is 6.11. The number of carboxylic acids is 1. The SMILES string of the molecule is O=C(C1CCCN1)N1CC[C@H]2[C@@H]1CN[C@@]2(CCCCB(O)O)C(=O)O. The van der Waals surface area contributed by atoms with Crippen molar-refractivity contribution in [3.63, 3.8) is 0 Å². The quantitative estimate of drug-likeness (QED) is 0.295. The summed E-state index contributed by atoms with van der Waals surface area (Å²) in [7, 11) is -1.34. The van der Waals surface area contributed by atoms with E-state index >= 15 is 0 Å². The highest BCUT2D eigenvalue weighted by Crippen LogP contribution is 2.41. The fourth-order valence-corrected chi connectivity index (χ4v) is 4.81. The largest absolute Gasteiger partial charge is 0.480 e. The highest BCUT2D eigenvalue weighted by atomic mass is 16.4. The molecule has 4 atom stereocenters. The number of hydrogen-bond acceptors (Lipinski definition) is 6. The molecule has 0 radical (unpaired) electrons. The van der Waals surface area contributed by atoms with Crippen molar-refractivity contribution in [1.82, 2.24) is 15.5 Å². The van der Waals surface area contributed by atoms with Crippen LogP contribution in [0.1, 0.15) is 38.5 Å². The van der Waals surface area contributed by atoms with Crippen LogP contribution in [0.2, 0.25) is 6.32 Å². The molecule has 3 fully saturated rings. The van der Waals surface area contributed by atoms with Gasteiger partial charge in [-0.3, -0.25) is 14.9 Å². The maximum atomic E-state index is 12.7. The number of nitrogens with one attached hydrogen (secondary N) is 2. The van der Waals surface area contributed by atoms with E-state index in [0.29, 0.717) is 38.8 Å². The van der Waals surface area contributed by atoms with Crippen molar-refractivity contribution in [2.75, 3.05) is 19.6 Å². The van der Waals surface area contributed by atoms with E-state index in [1.165, 1.54) is 0 Å². The smallest absolute Gasteiger partial charge is 0.451 e. The molecule has 0 bridgehead atoms. The number of hydrogen-bond donors (Lipinski definition) is 5. The molecule has 9 heteroatoms. The van der Waals surface area contributed by atoms with E-state index in [2.05, 4.69) is 10.6 Å². The minimum atomic E-state index is -1.34. The van der Waals surface area contributed by atoms with Gasteiger partial charge in [-0.15, -0.1) is 0 Å². The first-order chi connectivity index (χ1) is 12.0. The fraction of sp³-hybridized carbons (Fsp3) is 0.875. The predicted molar refractivity (Wildman–Crippen MR) is 91.9 cm³/mol. The van der Waals surface area contributed by atoms with Crippen LogP contribution in [0.4, 0.5) is 0 Å². The lowest BCUT2D eigenvalue weighted by Gasteiger charge is -2.31. The Morgan fingerprint density at radius 1 is 1.24 bits per heavy atom. The molecule has 140 valence electrons. The van der Waals surface area contributed by atoms with Crippen LogP contribution < -0.4 is 10.6 Å². The normalized spacial score (nSPS) is 34.3. The molecule has 0 aromatic heterocycles. The molecule has 3 heterocycles. The van der Waals surface area contributed by atoms with Gasteiger partial charge in [0.2, 0.25) is 5.91 Å². The monoisotopic (exact) mass is 353 g/mol. The number of carbonyl (C=O) groups excluding carboxylic acids is 1. The van der Waals surface area contributed by atoms with Gasteiger partial charge in [0.25, 0.3) is 0 Å². The molecule has 0 aromatic carbocycles. The molecule has 0 spiro atoms. The van der Waals surface area contributed by atoms with Crippen molar-refractivity contribution >= 4 is 19.0 Å². The molecule has 5 N–H and O–H groups in total. The van der Waals surface area contributed by atoms with E-state index in [-0.39, 0.29) is 30.2 Å². The van der Waals surface area contributed by atoms with Crippen molar-refractivity contribution in [3.05, 3.63) is 0 Å². The van der Waals surface area contributed by atoms with Gasteiger partial charge >= 0.3 is 13.1 Å². The zero-order valence-corrected chi connectivity index (χ0v) is 14.5. The highest BCUT2D eigenvalue weighted by Gasteiger charge is 2.58. The van der Waals surface area contributed by atoms with E-state index in [0.717, 1.165) is 19.4 Å². The molecule has 3 saturated heterocycles. The maximum Gasteiger partial charge on any atom is 0.451 e. The number of amides is 1. The zero-order valence-electron chi connectivity index (χ0n) is 14.5. The number of unbranched alkanes of at least 4 members (excludes halogenated alkanes) is 1. The lowest BCUT2D eigenvalue weighted by atomic mass is 9.77. The average Bonchev–Trinajstić information content (AvgIpc) is 3.28. The first-order valence-corrected chi connectivity index (χ1v) is 9.34. The number of fused-ring (bicyclic) bond motifs is 1. The van der Waals surface area contributed by atoms with Gasteiger partial charge in [-0.2, -0.15) is 0 Å². The Morgan fingerprint density at radius 2 is 2.04 bits per heavy atom. The number of aliphatic carboxylic acids is 1. The van der Waals surface area contributed by atoms with Gasteiger partial charge in [0.15, 0.2) is 0 Å². The Bertz CT molecular complexity index is 514. The van der Waals surface area contributed by atoms with Crippen LogP contribution in [-0.4, -0.2) is 76.3 Å². The summed E-state index contributed by atoms with van der Waals surface area (Å²) in [6, 6.07) is -0.181. The lowest BCUT2D eigenvalue weighted by molar-refractivity contribution is -0.147. The standard InChI is InChI=1S/C16H28BN3O5/c21-14(12-4-3-8-18-12)20-9-5-11-13(20)10-19-16(11,15(22)23)6-1-2-7-17(24)25/h11-13,18-19,24-25H,1-10H2,(H,22,23)/t11-,12?,13-,16+/m0/s1. The lowest BCUT2D eigenvalue weighted by Crippen LogP contribution is -2.52. The van der Waals surface area contributed by atoms with Crippen LogP contribution in [0.15, 0.2) is 0 Å². The molecule has 0 aliphatic carbocycles. The van der Waals surface area contributed by atoms with Crippen LogP contribution in [0.25, 0.3) is 0 Å². The second-order valence-electron chi connectivity index (χ2n) is 7.53. The van der Waals surface area contributed by atoms with Crippen LogP contribution in [0.5, 0.6) is 0 Å². The van der Waals surface area contributed by atoms with Crippen molar-refractivity contribution in [3.8, 4) is 0 Å². The van der Waals surface area contributed by atoms with E-state index in [9.17, 15) is 14.7 Å². The number of carboxylic acid groups (broad SMARTS) is 1. The number of nitrogens with zero attached hydrogens (tertiary/aromatic N) is 1. The van der Waals surface area contributed by atoms with Crippen molar-refractivity contribution in [1.29, 1.82) is 0 Å². The summed E-state index contributed by atoms with van der Waals surface area (Å²) in [6.45, 7) is 2.00. The van der Waals surface area contributed by atoms with E-state index in [4.69, 9.17) is 10.0 Å². The van der Waals surface area contributed by atoms with Crippen LogP contribution in [0, 0.1) is 5.92 Å². The molecule has 1 amide bonds. The predicted octanol–water partition coefficient (Wildman–Crippen LogP) is -0.975. The molecule has 0 aromatic rings. The summed E-state index contributed by atoms with van der Waals surface area (Å²) in [5, 5.41) is 34.2. The molecule has 3 aliphatic rings. The Labute approximate surface area is 148 Å². The van der Waals surface area contributed by atoms with E-state index in [1.54, 1.807) is 0 Å². The second kappa shape index (κ2) is 7.61. The molecule has 8 nitrogen and oxygen atoms in total. The number of carbonyl (C=O) groups is 2. The molecular formula is C16H28BN3O5. The summed E-state index contributed by atoms with van der Waals surface area (Å²) in [5.74, 6) is -0.844. The Balaban J connectivity index is 1.65. The van der Waals surface area contributed by atoms with Gasteiger partial charge in [0.05, 0.1) is 6.04 Å². The summed E-state index contributed by atoms with van der Waals surface area (Å²) >= 11 is 0. The number of rotatable bonds is 7. The minimum Gasteiger partial charge on any atom is -0.480 e. The molecule has 0 saturated carbocycles. The minimum absolute atomic E-state index is 0.0607. The first kappa shape index (κ1) is 18.6. The topological polar surface area (TPSA) is 122 Å². The molecule has 25 heavy (non-hydrogen) atoms. The third kappa shape index (κ3) is 3.55. The zero-order chi connectivity index (χ0) is 18.0.